The Morgan fingerprint density at radius 3 is 0.866 bits per heavy atom. The summed E-state index contributed by atoms with van der Waals surface area (Å²) in [5.74, 6) is -1.01. The first-order valence-corrected chi connectivity index (χ1v) is 27.4. The van der Waals surface area contributed by atoms with Crippen LogP contribution in [-0.2, 0) is 28.6 Å². The third kappa shape index (κ3) is 52.9. The molecule has 0 saturated heterocycles. The molecule has 0 N–H and O–H groups in total. The Kier molecular flexibility index (Phi) is 51.5. The van der Waals surface area contributed by atoms with Crippen molar-refractivity contribution in [1.29, 1.82) is 0 Å². The van der Waals surface area contributed by atoms with E-state index in [9.17, 15) is 14.4 Å². The van der Waals surface area contributed by atoms with Crippen LogP contribution in [0.4, 0.5) is 0 Å². The number of carbonyl (C=O) groups excluding carboxylic acids is 3. The predicted octanol–water partition coefficient (Wildman–Crippen LogP) is 18.3. The van der Waals surface area contributed by atoms with Crippen LogP contribution in [0.3, 0.4) is 0 Å². The van der Waals surface area contributed by atoms with E-state index in [0.717, 1.165) is 103 Å². The highest BCUT2D eigenvalue weighted by atomic mass is 16.6. The maximum atomic E-state index is 12.8. The summed E-state index contributed by atoms with van der Waals surface area (Å²) in [5, 5.41) is 0. The van der Waals surface area contributed by atoms with Crippen molar-refractivity contribution < 1.29 is 28.6 Å². The van der Waals surface area contributed by atoms with E-state index in [0.29, 0.717) is 19.3 Å². The van der Waals surface area contributed by atoms with Crippen LogP contribution in [0.15, 0.2) is 109 Å². The lowest BCUT2D eigenvalue weighted by atomic mass is 10.1. The van der Waals surface area contributed by atoms with Crippen molar-refractivity contribution in [3.05, 3.63) is 109 Å². The van der Waals surface area contributed by atoms with E-state index >= 15 is 0 Å². The van der Waals surface area contributed by atoms with E-state index in [2.05, 4.69) is 130 Å². The molecule has 0 aromatic rings. The summed E-state index contributed by atoms with van der Waals surface area (Å²) in [4.78, 5) is 38.1. The minimum Gasteiger partial charge on any atom is -0.462 e. The number of ether oxygens (including phenoxy) is 3. The first-order valence-electron chi connectivity index (χ1n) is 27.4. The SMILES string of the molecule is CCCCC/C=C\C/C=C\C/C=C\CCCCCCCCC(=O)OC[C@@H](COC(=O)CCCC/C=C\C/C=C\C/C=C\CCCCC)OC(=O)CCCC/C=C\C/C=C\C/C=C\CCCCC. The first-order chi connectivity index (χ1) is 33.0. The minimum absolute atomic E-state index is 0.114. The van der Waals surface area contributed by atoms with E-state index in [-0.39, 0.29) is 37.5 Å². The fraction of sp³-hybridized carbons (Fsp3) is 0.656. The number of hydrogen-bond donors (Lipinski definition) is 0. The second-order valence-corrected chi connectivity index (χ2v) is 17.8. The predicted molar refractivity (Wildman–Crippen MR) is 288 cm³/mol. The number of esters is 3. The van der Waals surface area contributed by atoms with Crippen LogP contribution in [0, 0.1) is 0 Å². The molecule has 0 heterocycles. The smallest absolute Gasteiger partial charge is 0.306 e. The lowest BCUT2D eigenvalue weighted by molar-refractivity contribution is -0.167. The third-order valence-electron chi connectivity index (χ3n) is 11.2. The first kappa shape index (κ1) is 63.1. The highest BCUT2D eigenvalue weighted by molar-refractivity contribution is 5.71. The van der Waals surface area contributed by atoms with E-state index in [1.165, 1.54) is 89.9 Å². The molecule has 1 atom stereocenters. The van der Waals surface area contributed by atoms with Gasteiger partial charge in [-0.3, -0.25) is 14.4 Å². The number of carbonyl (C=O) groups is 3. The van der Waals surface area contributed by atoms with Gasteiger partial charge in [0, 0.05) is 19.3 Å². The van der Waals surface area contributed by atoms with Crippen molar-refractivity contribution in [2.24, 2.45) is 0 Å². The Hall–Kier alpha value is -3.93. The summed E-state index contributed by atoms with van der Waals surface area (Å²) < 4.78 is 16.8. The lowest BCUT2D eigenvalue weighted by Crippen LogP contribution is -2.30. The fourth-order valence-corrected chi connectivity index (χ4v) is 7.05. The molecule has 0 unspecified atom stereocenters. The van der Waals surface area contributed by atoms with Crippen LogP contribution in [-0.4, -0.2) is 37.2 Å². The second-order valence-electron chi connectivity index (χ2n) is 17.8. The molecule has 0 aliphatic rings. The highest BCUT2D eigenvalue weighted by Gasteiger charge is 2.19. The molecule has 0 aromatic heterocycles. The number of hydrogen-bond acceptors (Lipinski definition) is 6. The molecule has 67 heavy (non-hydrogen) atoms. The van der Waals surface area contributed by atoms with Crippen LogP contribution in [0.2, 0.25) is 0 Å². The average Bonchev–Trinajstić information content (AvgIpc) is 3.33. The molecule has 0 amide bonds. The van der Waals surface area contributed by atoms with Crippen molar-refractivity contribution in [2.45, 2.75) is 245 Å². The molecule has 0 spiro atoms. The quantitative estimate of drug-likeness (QED) is 0.0262. The van der Waals surface area contributed by atoms with Crippen molar-refractivity contribution in [3.63, 3.8) is 0 Å². The molecular formula is C61H100O6. The molecule has 6 heteroatoms. The molecule has 0 aromatic carbocycles. The van der Waals surface area contributed by atoms with E-state index in [4.69, 9.17) is 14.2 Å². The molecule has 0 saturated carbocycles. The minimum atomic E-state index is -0.821. The molecular weight excluding hydrogens is 829 g/mol. The molecule has 380 valence electrons. The van der Waals surface area contributed by atoms with Gasteiger partial charge in [-0.05, 0) is 135 Å². The molecule has 0 radical (unpaired) electrons. The largest absolute Gasteiger partial charge is 0.462 e. The zero-order valence-electron chi connectivity index (χ0n) is 43.4. The molecule has 0 rings (SSSR count). The topological polar surface area (TPSA) is 78.9 Å². The maximum absolute atomic E-state index is 12.8. The Balaban J connectivity index is 4.53. The maximum Gasteiger partial charge on any atom is 0.306 e. The van der Waals surface area contributed by atoms with Gasteiger partial charge in [0.25, 0.3) is 0 Å². The molecule has 0 fully saturated rings. The third-order valence-corrected chi connectivity index (χ3v) is 11.2. The van der Waals surface area contributed by atoms with Gasteiger partial charge < -0.3 is 14.2 Å². The van der Waals surface area contributed by atoms with E-state index in [1.54, 1.807) is 0 Å². The summed E-state index contributed by atoms with van der Waals surface area (Å²) in [6.07, 6.45) is 73.6. The Morgan fingerprint density at radius 1 is 0.299 bits per heavy atom. The molecule has 0 bridgehead atoms. The highest BCUT2D eigenvalue weighted by Crippen LogP contribution is 2.12. The van der Waals surface area contributed by atoms with Crippen LogP contribution in [0.5, 0.6) is 0 Å². The van der Waals surface area contributed by atoms with E-state index < -0.39 is 6.10 Å². The van der Waals surface area contributed by atoms with Gasteiger partial charge in [-0.2, -0.15) is 0 Å². The van der Waals surface area contributed by atoms with Gasteiger partial charge in [-0.1, -0.05) is 194 Å². The van der Waals surface area contributed by atoms with Gasteiger partial charge in [0.05, 0.1) is 0 Å². The van der Waals surface area contributed by atoms with Crippen molar-refractivity contribution in [1.82, 2.24) is 0 Å². The van der Waals surface area contributed by atoms with Gasteiger partial charge in [-0.15, -0.1) is 0 Å². The monoisotopic (exact) mass is 929 g/mol. The molecule has 6 nitrogen and oxygen atoms in total. The number of rotatable bonds is 48. The van der Waals surface area contributed by atoms with Crippen LogP contribution in [0.1, 0.15) is 239 Å². The normalized spacial score (nSPS) is 12.9. The van der Waals surface area contributed by atoms with Gasteiger partial charge >= 0.3 is 17.9 Å². The summed E-state index contributed by atoms with van der Waals surface area (Å²) in [6.45, 7) is 6.47. The number of allylic oxidation sites excluding steroid dienone is 18. The summed E-state index contributed by atoms with van der Waals surface area (Å²) >= 11 is 0. The van der Waals surface area contributed by atoms with Gasteiger partial charge in [-0.25, -0.2) is 0 Å². The standard InChI is InChI=1S/C61H100O6/c1-4-7-10-13-16-19-22-25-28-29-30-31-34-36-39-42-45-48-51-54-60(63)66-57-58(67-61(64)55-52-49-46-43-40-37-33-27-24-21-18-15-12-9-6-3)56-65-59(62)53-50-47-44-41-38-35-32-26-23-20-17-14-11-8-5-2/h16-21,25-28,30-33,38,40-41,43,58H,4-15,22-24,29,34-37,39,42,44-57H2,1-3H3/b19-16-,20-17-,21-18-,28-25-,31-30-,32-26-,33-27-,41-38-,43-40-/t58-/m1/s1. The van der Waals surface area contributed by atoms with Gasteiger partial charge in [0.2, 0.25) is 0 Å². The van der Waals surface area contributed by atoms with Crippen molar-refractivity contribution >= 4 is 17.9 Å². The molecule has 0 aliphatic heterocycles. The Labute approximate surface area is 412 Å². The average molecular weight is 929 g/mol. The number of unbranched alkanes of at least 4 members (excludes halogenated alkanes) is 19. The van der Waals surface area contributed by atoms with Gasteiger partial charge in [0.15, 0.2) is 6.10 Å². The summed E-state index contributed by atoms with van der Waals surface area (Å²) in [5.41, 5.74) is 0. The van der Waals surface area contributed by atoms with Crippen molar-refractivity contribution in [2.75, 3.05) is 13.2 Å². The van der Waals surface area contributed by atoms with Gasteiger partial charge in [0.1, 0.15) is 13.2 Å². The zero-order valence-corrected chi connectivity index (χ0v) is 43.4. The summed E-state index contributed by atoms with van der Waals surface area (Å²) in [6, 6.07) is 0. The van der Waals surface area contributed by atoms with Crippen LogP contribution < -0.4 is 0 Å². The second kappa shape index (κ2) is 54.7. The lowest BCUT2D eigenvalue weighted by Gasteiger charge is -2.18. The van der Waals surface area contributed by atoms with E-state index in [1.807, 2.05) is 0 Å². The summed E-state index contributed by atoms with van der Waals surface area (Å²) in [7, 11) is 0. The Bertz CT molecular complexity index is 1390. The Morgan fingerprint density at radius 2 is 0.537 bits per heavy atom. The fourth-order valence-electron chi connectivity index (χ4n) is 7.05. The van der Waals surface area contributed by atoms with Crippen LogP contribution in [0.25, 0.3) is 0 Å². The van der Waals surface area contributed by atoms with Crippen molar-refractivity contribution in [3.8, 4) is 0 Å². The zero-order chi connectivity index (χ0) is 48.6. The molecule has 0 aliphatic carbocycles. The van der Waals surface area contributed by atoms with Crippen LogP contribution >= 0.6 is 0 Å².